The van der Waals surface area contributed by atoms with Crippen molar-refractivity contribution in [2.24, 2.45) is 11.8 Å². The summed E-state index contributed by atoms with van der Waals surface area (Å²) in [4.78, 5) is 28.9. The molecule has 0 radical (unpaired) electrons. The minimum atomic E-state index is 0.0137. The number of nitrogens with zero attached hydrogens (tertiary/aromatic N) is 5. The van der Waals surface area contributed by atoms with Gasteiger partial charge in [-0.3, -0.25) is 4.79 Å². The predicted octanol–water partition coefficient (Wildman–Crippen LogP) is 2.89. The van der Waals surface area contributed by atoms with Crippen molar-refractivity contribution in [2.45, 2.75) is 58.4 Å². The fourth-order valence-corrected chi connectivity index (χ4v) is 5.10. The number of hydrogen-bond acceptors (Lipinski definition) is 5. The smallest absolute Gasteiger partial charge is 0.291 e. The van der Waals surface area contributed by atoms with Gasteiger partial charge in [-0.2, -0.15) is 0 Å². The van der Waals surface area contributed by atoms with Crippen LogP contribution in [0.1, 0.15) is 60.4 Å². The second-order valence-corrected chi connectivity index (χ2v) is 9.30. The lowest BCUT2D eigenvalue weighted by Crippen LogP contribution is -2.53. The van der Waals surface area contributed by atoms with Gasteiger partial charge in [0.25, 0.3) is 5.91 Å². The number of carbonyl (C=O) groups is 1. The van der Waals surface area contributed by atoms with E-state index in [9.17, 15) is 4.79 Å². The van der Waals surface area contributed by atoms with Crippen LogP contribution >= 0.6 is 0 Å². The third-order valence-electron chi connectivity index (χ3n) is 7.26. The van der Waals surface area contributed by atoms with E-state index in [0.29, 0.717) is 17.8 Å². The van der Waals surface area contributed by atoms with Crippen molar-refractivity contribution in [3.8, 4) is 0 Å². The zero-order valence-corrected chi connectivity index (χ0v) is 17.9. The van der Waals surface area contributed by atoms with Crippen LogP contribution in [0, 0.1) is 25.7 Å². The van der Waals surface area contributed by atoms with Crippen molar-refractivity contribution in [1.82, 2.24) is 19.8 Å². The molecule has 1 saturated carbocycles. The van der Waals surface area contributed by atoms with E-state index in [1.165, 1.54) is 32.1 Å². The quantitative estimate of drug-likeness (QED) is 0.798. The van der Waals surface area contributed by atoms with Crippen LogP contribution in [0.25, 0.3) is 0 Å². The van der Waals surface area contributed by atoms with E-state index >= 15 is 0 Å². The van der Waals surface area contributed by atoms with Crippen LogP contribution in [-0.4, -0.2) is 72.0 Å². The Kier molecular flexibility index (Phi) is 5.59. The summed E-state index contributed by atoms with van der Waals surface area (Å²) in [5.41, 5.74) is 2.02. The number of hydrogen-bond donors (Lipinski definition) is 0. The summed E-state index contributed by atoms with van der Waals surface area (Å²) in [5, 5.41) is 0. The number of amides is 1. The van der Waals surface area contributed by atoms with E-state index in [4.69, 9.17) is 4.98 Å². The molecular formula is C22H35N5O. The number of anilines is 1. The highest BCUT2D eigenvalue weighted by Crippen LogP contribution is 2.35. The monoisotopic (exact) mass is 385 g/mol. The molecule has 6 nitrogen and oxygen atoms in total. The van der Waals surface area contributed by atoms with Gasteiger partial charge >= 0.3 is 0 Å². The molecule has 0 bridgehead atoms. The predicted molar refractivity (Wildman–Crippen MR) is 112 cm³/mol. The maximum atomic E-state index is 13.0. The largest absolute Gasteiger partial charge is 0.355 e. The number of likely N-dealkylation sites (tertiary alicyclic amines) is 1. The minimum absolute atomic E-state index is 0.0137. The lowest BCUT2D eigenvalue weighted by atomic mass is 9.76. The average Bonchev–Trinajstić information content (AvgIpc) is 3.13. The molecule has 3 aliphatic rings. The van der Waals surface area contributed by atoms with Gasteiger partial charge in [-0.25, -0.2) is 9.97 Å². The minimum Gasteiger partial charge on any atom is -0.355 e. The molecule has 1 aliphatic carbocycles. The van der Waals surface area contributed by atoms with E-state index in [-0.39, 0.29) is 5.91 Å². The molecule has 154 valence electrons. The van der Waals surface area contributed by atoms with Gasteiger partial charge in [0.05, 0.1) is 0 Å². The van der Waals surface area contributed by atoms with Crippen LogP contribution in [0.4, 0.5) is 5.82 Å². The highest BCUT2D eigenvalue weighted by molar-refractivity contribution is 5.91. The van der Waals surface area contributed by atoms with E-state index in [2.05, 4.69) is 35.8 Å². The van der Waals surface area contributed by atoms with E-state index in [1.807, 2.05) is 11.8 Å². The lowest BCUT2D eigenvalue weighted by Gasteiger charge is -2.44. The van der Waals surface area contributed by atoms with E-state index in [1.54, 1.807) is 0 Å². The van der Waals surface area contributed by atoms with Gasteiger partial charge in [-0.1, -0.05) is 32.1 Å². The molecule has 2 saturated heterocycles. The van der Waals surface area contributed by atoms with Crippen molar-refractivity contribution in [3.63, 3.8) is 0 Å². The topological polar surface area (TPSA) is 52.6 Å². The Morgan fingerprint density at radius 1 is 0.964 bits per heavy atom. The first-order valence-electron chi connectivity index (χ1n) is 11.0. The molecule has 28 heavy (non-hydrogen) atoms. The second kappa shape index (κ2) is 7.97. The zero-order valence-electron chi connectivity index (χ0n) is 17.9. The Labute approximate surface area is 169 Å². The molecule has 6 heteroatoms. The van der Waals surface area contributed by atoms with Gasteiger partial charge in [-0.05, 0) is 46.2 Å². The lowest BCUT2D eigenvalue weighted by molar-refractivity contribution is 0.0293. The zero-order chi connectivity index (χ0) is 19.8. The number of carbonyl (C=O) groups excluding carboxylic acids is 1. The first kappa shape index (κ1) is 19.6. The molecule has 1 atom stereocenters. The summed E-state index contributed by atoms with van der Waals surface area (Å²) in [7, 11) is 4.27. The molecule has 4 rings (SSSR count). The SMILES string of the molecule is Cc1nc(C(=O)N2CC(C3CCCCC3)C2)nc(N2CC[C@@H](N(C)C)C2)c1C. The molecule has 1 aromatic heterocycles. The highest BCUT2D eigenvalue weighted by Gasteiger charge is 2.38. The maximum absolute atomic E-state index is 13.0. The van der Waals surface area contributed by atoms with E-state index < -0.39 is 0 Å². The van der Waals surface area contributed by atoms with Crippen molar-refractivity contribution in [3.05, 3.63) is 17.1 Å². The number of likely N-dealkylation sites (N-methyl/N-ethyl adjacent to an activating group) is 1. The van der Waals surface area contributed by atoms with Crippen LogP contribution in [0.2, 0.25) is 0 Å². The first-order valence-corrected chi connectivity index (χ1v) is 11.0. The third kappa shape index (κ3) is 3.76. The Bertz CT molecular complexity index is 722. The molecule has 1 amide bonds. The van der Waals surface area contributed by atoms with Gasteiger partial charge in [-0.15, -0.1) is 0 Å². The molecule has 0 spiro atoms. The van der Waals surface area contributed by atoms with Crippen LogP contribution in [0.3, 0.4) is 0 Å². The maximum Gasteiger partial charge on any atom is 0.291 e. The highest BCUT2D eigenvalue weighted by atomic mass is 16.2. The Balaban J connectivity index is 1.45. The molecule has 1 aromatic rings. The summed E-state index contributed by atoms with van der Waals surface area (Å²) < 4.78 is 0. The fourth-order valence-electron chi connectivity index (χ4n) is 5.10. The molecule has 0 unspecified atom stereocenters. The Hall–Kier alpha value is -1.69. The van der Waals surface area contributed by atoms with Gasteiger partial charge in [0.1, 0.15) is 5.82 Å². The number of aryl methyl sites for hydroxylation is 1. The van der Waals surface area contributed by atoms with Gasteiger partial charge in [0.2, 0.25) is 5.82 Å². The van der Waals surface area contributed by atoms with Crippen LogP contribution in [-0.2, 0) is 0 Å². The number of rotatable bonds is 4. The van der Waals surface area contributed by atoms with E-state index in [0.717, 1.165) is 55.6 Å². The fraction of sp³-hybridized carbons (Fsp3) is 0.773. The standard InChI is InChI=1S/C22H35N5O/c1-15-16(2)23-20(24-21(15)26-11-10-19(14-26)25(3)4)22(28)27-12-18(13-27)17-8-6-5-7-9-17/h17-19H,5-14H2,1-4H3/t19-/m1/s1. The van der Waals surface area contributed by atoms with Crippen molar-refractivity contribution >= 4 is 11.7 Å². The van der Waals surface area contributed by atoms with Crippen molar-refractivity contribution in [1.29, 1.82) is 0 Å². The van der Waals surface area contributed by atoms with Gasteiger partial charge in [0, 0.05) is 43.5 Å². The molecule has 2 aliphatic heterocycles. The molecular weight excluding hydrogens is 350 g/mol. The van der Waals surface area contributed by atoms with Crippen molar-refractivity contribution in [2.75, 3.05) is 45.2 Å². The molecule has 3 fully saturated rings. The number of aromatic nitrogens is 2. The normalized spacial score (nSPS) is 24.1. The molecule has 0 N–H and O–H groups in total. The summed E-state index contributed by atoms with van der Waals surface area (Å²) >= 11 is 0. The second-order valence-electron chi connectivity index (χ2n) is 9.30. The summed E-state index contributed by atoms with van der Waals surface area (Å²) in [6.45, 7) is 7.80. The van der Waals surface area contributed by atoms with Crippen LogP contribution < -0.4 is 4.90 Å². The summed E-state index contributed by atoms with van der Waals surface area (Å²) in [6, 6.07) is 0.542. The van der Waals surface area contributed by atoms with Crippen LogP contribution in [0.5, 0.6) is 0 Å². The Morgan fingerprint density at radius 2 is 1.68 bits per heavy atom. The molecule has 0 aromatic carbocycles. The molecule has 3 heterocycles. The third-order valence-corrected chi connectivity index (χ3v) is 7.26. The Morgan fingerprint density at radius 3 is 2.32 bits per heavy atom. The van der Waals surface area contributed by atoms with Crippen LogP contribution in [0.15, 0.2) is 0 Å². The first-order chi connectivity index (χ1) is 13.4. The van der Waals surface area contributed by atoms with Gasteiger partial charge < -0.3 is 14.7 Å². The van der Waals surface area contributed by atoms with Crippen molar-refractivity contribution < 1.29 is 4.79 Å². The summed E-state index contributed by atoms with van der Waals surface area (Å²) in [6.07, 6.45) is 7.94. The van der Waals surface area contributed by atoms with Gasteiger partial charge in [0.15, 0.2) is 0 Å². The average molecular weight is 386 g/mol. The summed E-state index contributed by atoms with van der Waals surface area (Å²) in [5.74, 6) is 2.86.